The van der Waals surface area contributed by atoms with Gasteiger partial charge in [0.25, 0.3) is 11.8 Å². The third kappa shape index (κ3) is 3.07. The van der Waals surface area contributed by atoms with Gasteiger partial charge < -0.3 is 14.5 Å². The maximum absolute atomic E-state index is 12.5. The van der Waals surface area contributed by atoms with Crippen molar-refractivity contribution < 1.29 is 14.3 Å². The fourth-order valence-corrected chi connectivity index (χ4v) is 2.85. The molecular formula is C14H20N4O3. The molecule has 7 nitrogen and oxygen atoms in total. The maximum atomic E-state index is 12.5. The molecule has 2 aliphatic heterocycles. The van der Waals surface area contributed by atoms with Crippen molar-refractivity contribution >= 4 is 11.8 Å². The Kier molecular flexibility index (Phi) is 4.19. The summed E-state index contributed by atoms with van der Waals surface area (Å²) in [7, 11) is 0. The number of piperidine rings is 1. The smallest absolute Gasteiger partial charge is 0.272 e. The first kappa shape index (κ1) is 14.1. The quantitative estimate of drug-likeness (QED) is 0.848. The third-order valence-electron chi connectivity index (χ3n) is 4.03. The molecule has 114 valence electrons. The van der Waals surface area contributed by atoms with E-state index < -0.39 is 6.10 Å². The van der Waals surface area contributed by atoms with Gasteiger partial charge in [-0.3, -0.25) is 14.7 Å². The van der Waals surface area contributed by atoms with Crippen LogP contribution in [0, 0.1) is 0 Å². The molecule has 0 saturated carbocycles. The van der Waals surface area contributed by atoms with Gasteiger partial charge in [0.1, 0.15) is 5.69 Å². The second kappa shape index (κ2) is 6.26. The molecule has 1 N–H and O–H groups in total. The summed E-state index contributed by atoms with van der Waals surface area (Å²) >= 11 is 0. The van der Waals surface area contributed by atoms with Crippen molar-refractivity contribution in [1.82, 2.24) is 20.0 Å². The van der Waals surface area contributed by atoms with Gasteiger partial charge in [-0.05, 0) is 25.3 Å². The summed E-state index contributed by atoms with van der Waals surface area (Å²) in [5.41, 5.74) is 0.445. The number of nitrogens with one attached hydrogen (secondary N) is 1. The topological polar surface area (TPSA) is 78.5 Å². The van der Waals surface area contributed by atoms with Crippen molar-refractivity contribution in [3.63, 3.8) is 0 Å². The summed E-state index contributed by atoms with van der Waals surface area (Å²) in [6.07, 6.45) is 4.29. The van der Waals surface area contributed by atoms with Crippen molar-refractivity contribution in [3.8, 4) is 0 Å². The zero-order chi connectivity index (χ0) is 14.7. The number of aromatic nitrogens is 2. The Morgan fingerprint density at radius 1 is 1.19 bits per heavy atom. The lowest BCUT2D eigenvalue weighted by atomic mass is 10.1. The summed E-state index contributed by atoms with van der Waals surface area (Å²) in [5.74, 6) is -0.121. The number of nitrogens with zero attached hydrogens (tertiary/aromatic N) is 3. The monoisotopic (exact) mass is 292 g/mol. The zero-order valence-corrected chi connectivity index (χ0v) is 12.0. The summed E-state index contributed by atoms with van der Waals surface area (Å²) in [6, 6.07) is 1.64. The highest BCUT2D eigenvalue weighted by molar-refractivity contribution is 5.93. The lowest BCUT2D eigenvalue weighted by molar-refractivity contribution is -0.149. The van der Waals surface area contributed by atoms with E-state index in [4.69, 9.17) is 4.74 Å². The fraction of sp³-hybridized carbons (Fsp3) is 0.643. The number of hydrogen-bond acceptors (Lipinski definition) is 4. The van der Waals surface area contributed by atoms with Gasteiger partial charge in [0, 0.05) is 25.8 Å². The number of hydrogen-bond donors (Lipinski definition) is 1. The Labute approximate surface area is 123 Å². The van der Waals surface area contributed by atoms with Gasteiger partial charge in [-0.25, -0.2) is 0 Å². The van der Waals surface area contributed by atoms with Crippen LogP contribution >= 0.6 is 0 Å². The standard InChI is InChI=1S/C14H20N4O3/c19-13(11-4-5-15-16-11)18-8-9-21-12(10-18)14(20)17-6-2-1-3-7-17/h4-5,12H,1-3,6-10H2,(H,15,16). The first-order chi connectivity index (χ1) is 10.3. The van der Waals surface area contributed by atoms with Crippen molar-refractivity contribution in [3.05, 3.63) is 18.0 Å². The van der Waals surface area contributed by atoms with Crippen molar-refractivity contribution in [2.75, 3.05) is 32.8 Å². The van der Waals surface area contributed by atoms with Crippen LogP contribution in [-0.2, 0) is 9.53 Å². The predicted octanol–water partition coefficient (Wildman–Crippen LogP) is 0.263. The molecule has 1 aromatic rings. The first-order valence-corrected chi connectivity index (χ1v) is 7.45. The Hall–Kier alpha value is -1.89. The van der Waals surface area contributed by atoms with Gasteiger partial charge in [0.05, 0.1) is 13.2 Å². The van der Waals surface area contributed by atoms with Gasteiger partial charge in [-0.15, -0.1) is 0 Å². The summed E-state index contributed by atoms with van der Waals surface area (Å²) in [5, 5.41) is 6.45. The Morgan fingerprint density at radius 3 is 2.71 bits per heavy atom. The molecule has 2 saturated heterocycles. The van der Waals surface area contributed by atoms with Crippen LogP contribution in [0.25, 0.3) is 0 Å². The number of likely N-dealkylation sites (tertiary alicyclic amines) is 1. The Morgan fingerprint density at radius 2 is 2.00 bits per heavy atom. The number of rotatable bonds is 2. The molecule has 1 aromatic heterocycles. The van der Waals surface area contributed by atoms with Crippen LogP contribution in [0.15, 0.2) is 12.3 Å². The van der Waals surface area contributed by atoms with E-state index in [2.05, 4.69) is 10.2 Å². The Bertz CT molecular complexity index is 496. The molecule has 3 heterocycles. The molecule has 2 aliphatic rings. The van der Waals surface area contributed by atoms with Crippen molar-refractivity contribution in [2.45, 2.75) is 25.4 Å². The molecule has 1 atom stereocenters. The van der Waals surface area contributed by atoms with E-state index in [1.54, 1.807) is 17.2 Å². The van der Waals surface area contributed by atoms with E-state index in [-0.39, 0.29) is 11.8 Å². The van der Waals surface area contributed by atoms with Crippen molar-refractivity contribution in [2.24, 2.45) is 0 Å². The number of morpholine rings is 1. The lowest BCUT2D eigenvalue weighted by Crippen LogP contribution is -2.53. The van der Waals surface area contributed by atoms with Crippen LogP contribution in [0.1, 0.15) is 29.8 Å². The van der Waals surface area contributed by atoms with Gasteiger partial charge in [0.15, 0.2) is 6.10 Å². The first-order valence-electron chi connectivity index (χ1n) is 7.45. The predicted molar refractivity (Wildman–Crippen MR) is 74.7 cm³/mol. The van der Waals surface area contributed by atoms with Gasteiger partial charge in [-0.2, -0.15) is 5.10 Å². The highest BCUT2D eigenvalue weighted by atomic mass is 16.5. The average Bonchev–Trinajstić information content (AvgIpc) is 3.09. The number of ether oxygens (including phenoxy) is 1. The normalized spacial score (nSPS) is 23.1. The molecule has 3 rings (SSSR count). The van der Waals surface area contributed by atoms with Crippen LogP contribution < -0.4 is 0 Å². The molecule has 7 heteroatoms. The van der Waals surface area contributed by atoms with E-state index >= 15 is 0 Å². The minimum Gasteiger partial charge on any atom is -0.365 e. The SMILES string of the molecule is O=C(c1ccn[nH]1)N1CCOC(C(=O)N2CCCCC2)C1. The summed E-state index contributed by atoms with van der Waals surface area (Å²) < 4.78 is 5.58. The van der Waals surface area contributed by atoms with Crippen molar-refractivity contribution in [1.29, 1.82) is 0 Å². The molecule has 0 bridgehead atoms. The highest BCUT2D eigenvalue weighted by Crippen LogP contribution is 2.15. The maximum Gasteiger partial charge on any atom is 0.272 e. The van der Waals surface area contributed by atoms with Gasteiger partial charge >= 0.3 is 0 Å². The van der Waals surface area contributed by atoms with E-state index in [1.165, 1.54) is 6.42 Å². The summed E-state index contributed by atoms with van der Waals surface area (Å²) in [4.78, 5) is 28.2. The molecule has 2 fully saturated rings. The van der Waals surface area contributed by atoms with Crippen LogP contribution in [0.2, 0.25) is 0 Å². The minimum absolute atomic E-state index is 0.0109. The zero-order valence-electron chi connectivity index (χ0n) is 12.0. The average molecular weight is 292 g/mol. The molecule has 1 unspecified atom stereocenters. The number of aromatic amines is 1. The van der Waals surface area contributed by atoms with E-state index in [9.17, 15) is 9.59 Å². The molecule has 2 amide bonds. The molecule has 21 heavy (non-hydrogen) atoms. The third-order valence-corrected chi connectivity index (χ3v) is 4.03. The number of H-pyrrole nitrogens is 1. The molecule has 0 spiro atoms. The number of carbonyl (C=O) groups excluding carboxylic acids is 2. The van der Waals surface area contributed by atoms with Crippen LogP contribution in [0.5, 0.6) is 0 Å². The van der Waals surface area contributed by atoms with Crippen LogP contribution in [0.3, 0.4) is 0 Å². The highest BCUT2D eigenvalue weighted by Gasteiger charge is 2.33. The van der Waals surface area contributed by atoms with Crippen LogP contribution in [0.4, 0.5) is 0 Å². The van der Waals surface area contributed by atoms with E-state index in [1.807, 2.05) is 4.90 Å². The Balaban J connectivity index is 1.62. The summed E-state index contributed by atoms with van der Waals surface area (Å²) in [6.45, 7) is 2.80. The molecule has 0 radical (unpaired) electrons. The largest absolute Gasteiger partial charge is 0.365 e. The molecular weight excluding hydrogens is 272 g/mol. The van der Waals surface area contributed by atoms with E-state index in [0.717, 1.165) is 25.9 Å². The minimum atomic E-state index is -0.538. The number of carbonyl (C=O) groups is 2. The fourth-order valence-electron chi connectivity index (χ4n) is 2.85. The lowest BCUT2D eigenvalue weighted by Gasteiger charge is -2.36. The van der Waals surface area contributed by atoms with E-state index in [0.29, 0.717) is 25.4 Å². The molecule has 0 aliphatic carbocycles. The van der Waals surface area contributed by atoms with Gasteiger partial charge in [-0.1, -0.05) is 0 Å². The molecule has 0 aromatic carbocycles. The second-order valence-electron chi connectivity index (χ2n) is 5.47. The van der Waals surface area contributed by atoms with Gasteiger partial charge in [0.2, 0.25) is 0 Å². The van der Waals surface area contributed by atoms with Crippen LogP contribution in [-0.4, -0.2) is 70.7 Å². The second-order valence-corrected chi connectivity index (χ2v) is 5.47. The number of amides is 2.